The normalized spacial score (nSPS) is 13.0. The minimum absolute atomic E-state index is 0.0633. The Morgan fingerprint density at radius 3 is 2.55 bits per heavy atom. The third-order valence-electron chi connectivity index (χ3n) is 3.56. The molecular formula is C17H23NO2. The lowest BCUT2D eigenvalue weighted by molar-refractivity contribution is 0.223. The van der Waals surface area contributed by atoms with Crippen molar-refractivity contribution in [2.45, 2.75) is 32.9 Å². The first-order valence-corrected chi connectivity index (χ1v) is 7.15. The van der Waals surface area contributed by atoms with Crippen LogP contribution >= 0.6 is 0 Å². The highest BCUT2D eigenvalue weighted by atomic mass is 16.3. The highest BCUT2D eigenvalue weighted by Crippen LogP contribution is 2.27. The molecule has 0 amide bonds. The van der Waals surface area contributed by atoms with Crippen LogP contribution < -0.4 is 5.32 Å². The maximum absolute atomic E-state index is 10.1. The Bertz CT molecular complexity index is 566. The van der Waals surface area contributed by atoms with Crippen molar-refractivity contribution in [2.75, 3.05) is 6.61 Å². The summed E-state index contributed by atoms with van der Waals surface area (Å²) in [5, 5.41) is 25.0. The second-order valence-electron chi connectivity index (χ2n) is 5.67. The summed E-state index contributed by atoms with van der Waals surface area (Å²) in [5.41, 5.74) is 0.894. The van der Waals surface area contributed by atoms with Gasteiger partial charge in [-0.05, 0) is 29.2 Å². The average Bonchev–Trinajstić information content (AvgIpc) is 2.44. The van der Waals surface area contributed by atoms with Crippen molar-refractivity contribution in [2.24, 2.45) is 5.92 Å². The molecule has 0 heterocycles. The van der Waals surface area contributed by atoms with Gasteiger partial charge in [-0.2, -0.15) is 0 Å². The van der Waals surface area contributed by atoms with Crippen molar-refractivity contribution in [1.82, 2.24) is 5.32 Å². The molecule has 2 aromatic rings. The number of rotatable bonds is 6. The van der Waals surface area contributed by atoms with Gasteiger partial charge in [0, 0.05) is 18.2 Å². The van der Waals surface area contributed by atoms with Crippen molar-refractivity contribution in [3.8, 4) is 5.75 Å². The molecule has 1 unspecified atom stereocenters. The van der Waals surface area contributed by atoms with E-state index in [1.807, 2.05) is 30.3 Å². The maximum atomic E-state index is 10.1. The van der Waals surface area contributed by atoms with Crippen LogP contribution in [0.1, 0.15) is 25.8 Å². The molecule has 0 spiro atoms. The van der Waals surface area contributed by atoms with Crippen LogP contribution in [0.25, 0.3) is 10.8 Å². The highest BCUT2D eigenvalue weighted by Gasteiger charge is 2.12. The van der Waals surface area contributed by atoms with Gasteiger partial charge in [0.25, 0.3) is 0 Å². The largest absolute Gasteiger partial charge is 0.508 e. The molecule has 0 aliphatic rings. The Morgan fingerprint density at radius 2 is 1.85 bits per heavy atom. The van der Waals surface area contributed by atoms with Gasteiger partial charge in [0.05, 0.1) is 6.61 Å². The molecule has 20 heavy (non-hydrogen) atoms. The number of phenols is 1. The van der Waals surface area contributed by atoms with E-state index in [-0.39, 0.29) is 12.6 Å². The molecule has 3 heteroatoms. The number of aliphatic hydroxyl groups excluding tert-OH is 1. The summed E-state index contributed by atoms with van der Waals surface area (Å²) < 4.78 is 0. The molecule has 0 saturated carbocycles. The minimum atomic E-state index is 0.0633. The molecule has 108 valence electrons. The molecule has 0 aliphatic carbocycles. The molecule has 0 fully saturated rings. The number of hydrogen-bond donors (Lipinski definition) is 3. The molecule has 0 bridgehead atoms. The van der Waals surface area contributed by atoms with Crippen LogP contribution in [0.3, 0.4) is 0 Å². The van der Waals surface area contributed by atoms with Crippen molar-refractivity contribution in [3.05, 3.63) is 42.0 Å². The minimum Gasteiger partial charge on any atom is -0.508 e. The average molecular weight is 273 g/mol. The number of aromatic hydroxyl groups is 1. The van der Waals surface area contributed by atoms with Crippen molar-refractivity contribution in [3.63, 3.8) is 0 Å². The molecule has 0 aliphatic heterocycles. The zero-order chi connectivity index (χ0) is 14.5. The highest BCUT2D eigenvalue weighted by molar-refractivity contribution is 5.87. The fourth-order valence-electron chi connectivity index (χ4n) is 2.55. The summed E-state index contributed by atoms with van der Waals surface area (Å²) in [4.78, 5) is 0. The van der Waals surface area contributed by atoms with Crippen LogP contribution in [0.2, 0.25) is 0 Å². The zero-order valence-corrected chi connectivity index (χ0v) is 12.1. The summed E-state index contributed by atoms with van der Waals surface area (Å²) in [6, 6.07) is 11.7. The fourth-order valence-corrected chi connectivity index (χ4v) is 2.55. The van der Waals surface area contributed by atoms with Gasteiger partial charge >= 0.3 is 0 Å². The summed E-state index contributed by atoms with van der Waals surface area (Å²) in [7, 11) is 0. The Hall–Kier alpha value is -1.58. The Labute approximate surface area is 120 Å². The summed E-state index contributed by atoms with van der Waals surface area (Å²) in [5.74, 6) is 0.832. The van der Waals surface area contributed by atoms with Gasteiger partial charge in [-0.25, -0.2) is 0 Å². The van der Waals surface area contributed by atoms with Gasteiger partial charge in [0.15, 0.2) is 0 Å². The van der Waals surface area contributed by atoms with E-state index >= 15 is 0 Å². The number of hydrogen-bond acceptors (Lipinski definition) is 3. The van der Waals surface area contributed by atoms with Crippen LogP contribution in [-0.2, 0) is 6.54 Å². The van der Waals surface area contributed by atoms with Gasteiger partial charge in [0.1, 0.15) is 5.75 Å². The molecular weight excluding hydrogens is 250 g/mol. The number of fused-ring (bicyclic) bond motifs is 1. The van der Waals surface area contributed by atoms with Crippen molar-refractivity contribution >= 4 is 10.8 Å². The van der Waals surface area contributed by atoms with E-state index in [0.717, 1.165) is 22.8 Å². The van der Waals surface area contributed by atoms with E-state index in [2.05, 4.69) is 19.2 Å². The van der Waals surface area contributed by atoms with E-state index in [9.17, 15) is 10.2 Å². The topological polar surface area (TPSA) is 52.5 Å². The third kappa shape index (κ3) is 3.50. The van der Waals surface area contributed by atoms with Gasteiger partial charge in [-0.15, -0.1) is 0 Å². The van der Waals surface area contributed by atoms with Crippen molar-refractivity contribution < 1.29 is 10.2 Å². The zero-order valence-electron chi connectivity index (χ0n) is 12.1. The lowest BCUT2D eigenvalue weighted by Gasteiger charge is -2.19. The molecule has 0 radical (unpaired) electrons. The number of phenolic OH excluding ortho intramolecular Hbond substituents is 1. The molecule has 3 nitrogen and oxygen atoms in total. The second-order valence-corrected chi connectivity index (χ2v) is 5.67. The predicted molar refractivity (Wildman–Crippen MR) is 82.8 cm³/mol. The van der Waals surface area contributed by atoms with Gasteiger partial charge in [0.2, 0.25) is 0 Å². The van der Waals surface area contributed by atoms with Crippen LogP contribution in [0.5, 0.6) is 5.75 Å². The molecule has 0 aromatic heterocycles. The maximum Gasteiger partial charge on any atom is 0.120 e. The van der Waals surface area contributed by atoms with E-state index < -0.39 is 0 Å². The Morgan fingerprint density at radius 1 is 1.10 bits per heavy atom. The fraction of sp³-hybridized carbons (Fsp3) is 0.412. The first-order chi connectivity index (χ1) is 9.61. The molecule has 0 saturated heterocycles. The Kier molecular flexibility index (Phi) is 4.99. The van der Waals surface area contributed by atoms with E-state index in [0.29, 0.717) is 18.2 Å². The number of aliphatic hydroxyl groups is 1. The van der Waals surface area contributed by atoms with Crippen LogP contribution in [-0.4, -0.2) is 22.9 Å². The summed E-state index contributed by atoms with van der Waals surface area (Å²) in [6.45, 7) is 4.95. The summed E-state index contributed by atoms with van der Waals surface area (Å²) in [6.07, 6.45) is 0.919. The van der Waals surface area contributed by atoms with Crippen LogP contribution in [0.15, 0.2) is 36.4 Å². The second kappa shape index (κ2) is 6.73. The lowest BCUT2D eigenvalue weighted by Crippen LogP contribution is -2.33. The van der Waals surface area contributed by atoms with E-state index in [1.165, 1.54) is 0 Å². The smallest absolute Gasteiger partial charge is 0.120 e. The SMILES string of the molecule is CC(C)CC(CO)NCc1c(O)ccc2ccccc12. The van der Waals surface area contributed by atoms with E-state index in [1.54, 1.807) is 6.07 Å². The van der Waals surface area contributed by atoms with Crippen LogP contribution in [0.4, 0.5) is 0 Å². The molecule has 3 N–H and O–H groups in total. The van der Waals surface area contributed by atoms with Crippen LogP contribution in [0, 0.1) is 5.92 Å². The predicted octanol–water partition coefficient (Wildman–Crippen LogP) is 3.04. The monoisotopic (exact) mass is 273 g/mol. The molecule has 2 rings (SSSR count). The van der Waals surface area contributed by atoms with Gasteiger partial charge < -0.3 is 15.5 Å². The van der Waals surface area contributed by atoms with Crippen molar-refractivity contribution in [1.29, 1.82) is 0 Å². The van der Waals surface area contributed by atoms with E-state index in [4.69, 9.17) is 0 Å². The van der Waals surface area contributed by atoms with Gasteiger partial charge in [-0.3, -0.25) is 0 Å². The third-order valence-corrected chi connectivity index (χ3v) is 3.56. The number of nitrogens with one attached hydrogen (secondary N) is 1. The quantitative estimate of drug-likeness (QED) is 0.758. The standard InChI is InChI=1S/C17H23NO2/c1-12(2)9-14(11-19)18-10-16-15-6-4-3-5-13(15)7-8-17(16)20/h3-8,12,14,18-20H,9-11H2,1-2H3. The molecule has 1 atom stereocenters. The Balaban J connectivity index is 2.18. The lowest BCUT2D eigenvalue weighted by atomic mass is 10.0. The molecule has 2 aromatic carbocycles. The number of benzene rings is 2. The first kappa shape index (κ1) is 14.8. The first-order valence-electron chi connectivity index (χ1n) is 7.15. The summed E-state index contributed by atoms with van der Waals surface area (Å²) >= 11 is 0. The van der Waals surface area contributed by atoms with Gasteiger partial charge in [-0.1, -0.05) is 44.2 Å².